The van der Waals surface area contributed by atoms with E-state index < -0.39 is 0 Å². The molecule has 0 unspecified atom stereocenters. The minimum absolute atomic E-state index is 0. The third kappa shape index (κ3) is 12.8. The maximum Gasteiger partial charge on any atom is 0.155 e. The van der Waals surface area contributed by atoms with Crippen molar-refractivity contribution in [3.8, 4) is 67.0 Å². The van der Waals surface area contributed by atoms with Gasteiger partial charge in [-0.15, -0.1) is 35.9 Å². The molecular formula is C52H45N2O2Pt-. The van der Waals surface area contributed by atoms with Crippen LogP contribution in [0.3, 0.4) is 0 Å². The molecule has 0 fully saturated rings. The molecule has 0 bridgehead atoms. The van der Waals surface area contributed by atoms with E-state index in [1.165, 1.54) is 53.3 Å². The Labute approximate surface area is 351 Å². The third-order valence-electron chi connectivity index (χ3n) is 8.64. The number of rotatable bonds is 7. The second-order valence-corrected chi connectivity index (χ2v) is 12.8. The average molecular weight is 925 g/mol. The standard InChI is InChI=1S/C23H17N.C23H16N.C5H8O2.CH4.Pt/c2*1-3-7-18(8-4-1)19-11-13-20(14-12-19)22-15-16-23(24-17-22)21-9-5-2-6-10-21;1-4(6)3-5(2)7;;/h1-17H;1-9,11-17H;3,6H,1-2H3;1H4;/q;-1;;;. The third-order valence-corrected chi connectivity index (χ3v) is 8.64. The van der Waals surface area contributed by atoms with Crippen molar-refractivity contribution in [3.05, 3.63) is 218 Å². The zero-order valence-electron chi connectivity index (χ0n) is 31.2. The molecule has 0 amide bonds. The smallest absolute Gasteiger partial charge is 0.155 e. The van der Waals surface area contributed by atoms with E-state index in [4.69, 9.17) is 5.11 Å². The van der Waals surface area contributed by atoms with Gasteiger partial charge in [-0.1, -0.05) is 165 Å². The van der Waals surface area contributed by atoms with Gasteiger partial charge in [-0.2, -0.15) is 0 Å². The molecule has 0 saturated carbocycles. The minimum atomic E-state index is -0.125. The monoisotopic (exact) mass is 924 g/mol. The van der Waals surface area contributed by atoms with Crippen LogP contribution in [-0.4, -0.2) is 20.9 Å². The molecule has 4 nitrogen and oxygen atoms in total. The van der Waals surface area contributed by atoms with Crippen molar-refractivity contribution >= 4 is 5.78 Å². The quantitative estimate of drug-likeness (QED) is 0.0983. The van der Waals surface area contributed by atoms with Crippen LogP contribution in [0.25, 0.3) is 67.0 Å². The zero-order valence-corrected chi connectivity index (χ0v) is 33.5. The van der Waals surface area contributed by atoms with Crippen LogP contribution in [0.15, 0.2) is 212 Å². The first-order chi connectivity index (χ1) is 26.9. The molecule has 0 radical (unpaired) electrons. The van der Waals surface area contributed by atoms with E-state index in [-0.39, 0.29) is 40.0 Å². The summed E-state index contributed by atoms with van der Waals surface area (Å²) in [6, 6.07) is 67.8. The molecule has 0 aliphatic heterocycles. The fourth-order valence-corrected chi connectivity index (χ4v) is 5.89. The second-order valence-electron chi connectivity index (χ2n) is 12.8. The molecular weight excluding hydrogens is 880 g/mol. The van der Waals surface area contributed by atoms with Crippen LogP contribution in [0, 0.1) is 6.07 Å². The number of pyridine rings is 2. The van der Waals surface area contributed by atoms with E-state index in [1.807, 2.05) is 73.1 Å². The van der Waals surface area contributed by atoms with Crippen molar-refractivity contribution in [2.45, 2.75) is 21.3 Å². The summed E-state index contributed by atoms with van der Waals surface area (Å²) >= 11 is 0. The van der Waals surface area contributed by atoms with Crippen LogP contribution in [0.2, 0.25) is 0 Å². The van der Waals surface area contributed by atoms with Crippen molar-refractivity contribution in [2.75, 3.05) is 0 Å². The average Bonchev–Trinajstić information content (AvgIpc) is 3.25. The van der Waals surface area contributed by atoms with Crippen molar-refractivity contribution in [3.63, 3.8) is 0 Å². The van der Waals surface area contributed by atoms with E-state index in [2.05, 4.69) is 143 Å². The molecule has 5 heteroatoms. The number of aliphatic hydroxyl groups is 1. The van der Waals surface area contributed by atoms with Gasteiger partial charge in [0.1, 0.15) is 0 Å². The van der Waals surface area contributed by atoms with Gasteiger partial charge in [0, 0.05) is 50.7 Å². The van der Waals surface area contributed by atoms with Gasteiger partial charge in [0.15, 0.2) is 5.78 Å². The Kier molecular flexibility index (Phi) is 16.8. The predicted molar refractivity (Wildman–Crippen MR) is 234 cm³/mol. The summed E-state index contributed by atoms with van der Waals surface area (Å²) in [5, 5.41) is 8.36. The van der Waals surface area contributed by atoms with Crippen LogP contribution < -0.4 is 0 Å². The number of aromatic nitrogens is 2. The van der Waals surface area contributed by atoms with Gasteiger partial charge in [-0.25, -0.2) is 0 Å². The molecule has 0 aliphatic rings. The Morgan fingerprint density at radius 1 is 0.456 bits per heavy atom. The van der Waals surface area contributed by atoms with E-state index in [9.17, 15) is 4.79 Å². The molecule has 8 rings (SSSR count). The van der Waals surface area contributed by atoms with Gasteiger partial charge in [-0.3, -0.25) is 9.78 Å². The summed E-state index contributed by atoms with van der Waals surface area (Å²) in [4.78, 5) is 19.2. The molecule has 57 heavy (non-hydrogen) atoms. The number of nitrogens with zero attached hydrogens (tertiary/aromatic N) is 2. The van der Waals surface area contributed by atoms with Gasteiger partial charge in [-0.05, 0) is 64.6 Å². The number of hydrogen-bond donors (Lipinski definition) is 1. The SMILES string of the molecule is C.CC(=O)C=C(C)O.[Pt].[c-]1ccccc1-c1ccc(-c2ccc(-c3ccccc3)cc2)cn1.c1ccc(-c2ccc(-c3ccc(-c4ccccc4)nc3)cc2)cc1. The molecule has 2 heterocycles. The molecule has 0 aliphatic carbocycles. The maximum absolute atomic E-state index is 10.0. The summed E-state index contributed by atoms with van der Waals surface area (Å²) in [6.07, 6.45) is 5.04. The Morgan fingerprint density at radius 3 is 1.14 bits per heavy atom. The van der Waals surface area contributed by atoms with Crippen molar-refractivity contribution in [2.24, 2.45) is 0 Å². The number of aliphatic hydroxyl groups excluding tert-OH is 1. The topological polar surface area (TPSA) is 63.1 Å². The number of carbonyl (C=O) groups is 1. The Balaban J connectivity index is 0.000000211. The summed E-state index contributed by atoms with van der Waals surface area (Å²) in [6.45, 7) is 2.85. The first-order valence-electron chi connectivity index (χ1n) is 18.1. The van der Waals surface area contributed by atoms with E-state index in [1.54, 1.807) is 0 Å². The number of ketones is 1. The van der Waals surface area contributed by atoms with E-state index in [0.29, 0.717) is 0 Å². The van der Waals surface area contributed by atoms with Gasteiger partial charge in [0.2, 0.25) is 0 Å². The molecule has 0 saturated heterocycles. The molecule has 1 N–H and O–H groups in total. The Morgan fingerprint density at radius 2 is 0.807 bits per heavy atom. The number of carbonyl (C=O) groups excluding carboxylic acids is 1. The van der Waals surface area contributed by atoms with Crippen LogP contribution >= 0.6 is 0 Å². The first kappa shape index (κ1) is 43.2. The molecule has 6 aromatic carbocycles. The van der Waals surface area contributed by atoms with Crippen molar-refractivity contribution in [1.29, 1.82) is 0 Å². The Hall–Kier alpha value is -6.48. The zero-order chi connectivity index (χ0) is 38.2. The largest absolute Gasteiger partial charge is 0.512 e. The van der Waals surface area contributed by atoms with Crippen molar-refractivity contribution in [1.82, 2.24) is 9.97 Å². The van der Waals surface area contributed by atoms with E-state index in [0.717, 1.165) is 33.6 Å². The van der Waals surface area contributed by atoms with Gasteiger partial charge in [0.25, 0.3) is 0 Å². The molecule has 8 aromatic rings. The van der Waals surface area contributed by atoms with Crippen LogP contribution in [-0.2, 0) is 25.9 Å². The molecule has 0 spiro atoms. The maximum atomic E-state index is 10.0. The molecule has 0 atom stereocenters. The second kappa shape index (κ2) is 22.2. The van der Waals surface area contributed by atoms with Crippen LogP contribution in [0.1, 0.15) is 21.3 Å². The summed E-state index contributed by atoms with van der Waals surface area (Å²) in [7, 11) is 0. The normalized spacial score (nSPS) is 10.2. The van der Waals surface area contributed by atoms with Crippen LogP contribution in [0.4, 0.5) is 0 Å². The summed E-state index contributed by atoms with van der Waals surface area (Å²) in [5.41, 5.74) is 13.6. The molecule has 286 valence electrons. The fourth-order valence-electron chi connectivity index (χ4n) is 5.89. The minimum Gasteiger partial charge on any atom is -0.512 e. The van der Waals surface area contributed by atoms with Gasteiger partial charge in [0.05, 0.1) is 11.5 Å². The van der Waals surface area contributed by atoms with Gasteiger partial charge >= 0.3 is 0 Å². The first-order valence-corrected chi connectivity index (χ1v) is 18.1. The Bertz CT molecular complexity index is 2070. The van der Waals surface area contributed by atoms with E-state index >= 15 is 0 Å². The summed E-state index contributed by atoms with van der Waals surface area (Å²) < 4.78 is 0. The van der Waals surface area contributed by atoms with Crippen LogP contribution in [0.5, 0.6) is 0 Å². The number of hydrogen-bond acceptors (Lipinski definition) is 4. The summed E-state index contributed by atoms with van der Waals surface area (Å²) in [5.74, 6) is -0.0625. The fraction of sp³-hybridized carbons (Fsp3) is 0.0577. The van der Waals surface area contributed by atoms with Gasteiger partial charge < -0.3 is 10.1 Å². The number of allylic oxidation sites excluding steroid dienone is 2. The predicted octanol–water partition coefficient (Wildman–Crippen LogP) is 13.6. The number of benzene rings is 6. The molecule has 2 aromatic heterocycles. The van der Waals surface area contributed by atoms with Crippen molar-refractivity contribution < 1.29 is 31.0 Å².